The number of hydrogen-bond donors (Lipinski definition) is 0. The van der Waals surface area contributed by atoms with E-state index in [4.69, 9.17) is 16.6 Å². The minimum Gasteiger partial charge on any atom is -0.356 e. The fraction of sp³-hybridized carbons (Fsp3) is 0.765. The number of rotatable bonds is 3. The second-order valence-corrected chi connectivity index (χ2v) is 7.52. The molecule has 1 aromatic heterocycles. The van der Waals surface area contributed by atoms with Gasteiger partial charge < -0.3 is 4.90 Å². The normalized spacial score (nSPS) is 27.5. The van der Waals surface area contributed by atoms with E-state index in [1.807, 2.05) is 6.07 Å². The summed E-state index contributed by atoms with van der Waals surface area (Å²) < 4.78 is 0. The molecule has 120 valence electrons. The Labute approximate surface area is 137 Å². The lowest BCUT2D eigenvalue weighted by Crippen LogP contribution is -2.46. The molecule has 2 saturated heterocycles. The van der Waals surface area contributed by atoms with Crippen LogP contribution in [0.25, 0.3) is 0 Å². The van der Waals surface area contributed by atoms with Gasteiger partial charge in [0, 0.05) is 37.2 Å². The maximum Gasteiger partial charge on any atom is 0.135 e. The lowest BCUT2D eigenvalue weighted by Gasteiger charge is -2.39. The lowest BCUT2D eigenvalue weighted by atomic mass is 10.0. The number of hydrogen-bond acceptors (Lipinski definition) is 4. The van der Waals surface area contributed by atoms with E-state index in [0.717, 1.165) is 36.8 Å². The van der Waals surface area contributed by atoms with E-state index in [-0.39, 0.29) is 0 Å². The van der Waals surface area contributed by atoms with Crippen molar-refractivity contribution in [1.82, 2.24) is 14.9 Å². The zero-order chi connectivity index (χ0) is 15.1. The minimum absolute atomic E-state index is 0.556. The Morgan fingerprint density at radius 2 is 1.82 bits per heavy atom. The van der Waals surface area contributed by atoms with Gasteiger partial charge >= 0.3 is 0 Å². The van der Waals surface area contributed by atoms with Crippen LogP contribution in [0.3, 0.4) is 0 Å². The molecule has 3 heterocycles. The predicted molar refractivity (Wildman–Crippen MR) is 89.7 cm³/mol. The van der Waals surface area contributed by atoms with Crippen molar-refractivity contribution in [1.29, 1.82) is 0 Å². The maximum atomic E-state index is 6.21. The van der Waals surface area contributed by atoms with Gasteiger partial charge in [0.05, 0.1) is 0 Å². The van der Waals surface area contributed by atoms with Crippen LogP contribution in [-0.4, -0.2) is 46.6 Å². The Morgan fingerprint density at radius 1 is 1.05 bits per heavy atom. The molecule has 0 spiro atoms. The Hall–Kier alpha value is -0.870. The summed E-state index contributed by atoms with van der Waals surface area (Å²) in [6, 6.07) is 3.46. The van der Waals surface area contributed by atoms with Crippen LogP contribution >= 0.6 is 11.6 Å². The average Bonchev–Trinajstić information content (AvgIpc) is 3.29. The second-order valence-electron chi connectivity index (χ2n) is 7.13. The molecule has 1 aromatic rings. The summed E-state index contributed by atoms with van der Waals surface area (Å²) in [7, 11) is 0. The summed E-state index contributed by atoms with van der Waals surface area (Å²) in [6.45, 7) is 5.85. The van der Waals surface area contributed by atoms with Crippen molar-refractivity contribution in [2.75, 3.05) is 24.5 Å². The summed E-state index contributed by atoms with van der Waals surface area (Å²) >= 11 is 6.21. The monoisotopic (exact) mass is 320 g/mol. The molecule has 22 heavy (non-hydrogen) atoms. The van der Waals surface area contributed by atoms with Gasteiger partial charge in [-0.25, -0.2) is 9.97 Å². The smallest absolute Gasteiger partial charge is 0.135 e. The van der Waals surface area contributed by atoms with Crippen LogP contribution in [0.15, 0.2) is 6.07 Å². The molecule has 0 aromatic carbocycles. The largest absolute Gasteiger partial charge is 0.356 e. The fourth-order valence-electron chi connectivity index (χ4n) is 4.03. The highest BCUT2D eigenvalue weighted by Gasteiger charge is 2.32. The van der Waals surface area contributed by atoms with Crippen molar-refractivity contribution in [3.05, 3.63) is 17.0 Å². The van der Waals surface area contributed by atoms with Crippen molar-refractivity contribution in [3.8, 4) is 0 Å². The summed E-state index contributed by atoms with van der Waals surface area (Å²) in [5, 5.41) is 0.599. The molecular formula is C17H25ClN4. The van der Waals surface area contributed by atoms with Crippen molar-refractivity contribution >= 4 is 17.4 Å². The van der Waals surface area contributed by atoms with Gasteiger partial charge in [0.25, 0.3) is 0 Å². The summed E-state index contributed by atoms with van der Waals surface area (Å²) in [6.07, 6.45) is 7.65. The van der Waals surface area contributed by atoms with Gasteiger partial charge in [0.1, 0.15) is 16.8 Å². The zero-order valence-corrected chi connectivity index (χ0v) is 14.1. The number of piperidine rings is 1. The first-order valence-corrected chi connectivity index (χ1v) is 9.13. The Morgan fingerprint density at radius 3 is 2.45 bits per heavy atom. The molecule has 1 unspecified atom stereocenters. The van der Waals surface area contributed by atoms with Crippen LogP contribution in [0, 0.1) is 0 Å². The molecule has 0 N–H and O–H groups in total. The first kappa shape index (κ1) is 14.7. The highest BCUT2D eigenvalue weighted by molar-refractivity contribution is 6.29. The van der Waals surface area contributed by atoms with Gasteiger partial charge in [0.15, 0.2) is 0 Å². The third-order valence-corrected chi connectivity index (χ3v) is 5.70. The molecule has 1 atom stereocenters. The van der Waals surface area contributed by atoms with Crippen LogP contribution < -0.4 is 4.90 Å². The van der Waals surface area contributed by atoms with Crippen molar-refractivity contribution < 1.29 is 0 Å². The van der Waals surface area contributed by atoms with Crippen LogP contribution in [-0.2, 0) is 0 Å². The first-order valence-electron chi connectivity index (χ1n) is 8.76. The van der Waals surface area contributed by atoms with Gasteiger partial charge in [-0.3, -0.25) is 4.90 Å². The molecule has 2 aliphatic heterocycles. The quantitative estimate of drug-likeness (QED) is 0.798. The van der Waals surface area contributed by atoms with E-state index < -0.39 is 0 Å². The Kier molecular flexibility index (Phi) is 3.99. The summed E-state index contributed by atoms with van der Waals surface area (Å²) in [5.41, 5.74) is 0. The van der Waals surface area contributed by atoms with E-state index in [9.17, 15) is 0 Å². The summed E-state index contributed by atoms with van der Waals surface area (Å²) in [5.74, 6) is 2.55. The second kappa shape index (κ2) is 5.97. The molecule has 3 aliphatic rings. The van der Waals surface area contributed by atoms with Gasteiger partial charge in [-0.1, -0.05) is 11.6 Å². The van der Waals surface area contributed by atoms with Gasteiger partial charge in [0.2, 0.25) is 0 Å². The van der Waals surface area contributed by atoms with E-state index >= 15 is 0 Å². The molecule has 4 rings (SSSR count). The molecule has 1 aliphatic carbocycles. The Bertz CT molecular complexity index is 537. The van der Waals surface area contributed by atoms with Crippen LogP contribution in [0.4, 0.5) is 5.82 Å². The molecule has 0 radical (unpaired) electrons. The third-order valence-electron chi connectivity index (χ3n) is 5.50. The zero-order valence-electron chi connectivity index (χ0n) is 13.3. The molecule has 3 fully saturated rings. The molecular weight excluding hydrogens is 296 g/mol. The summed E-state index contributed by atoms with van der Waals surface area (Å²) in [4.78, 5) is 14.3. The SMILES string of the molecule is CC1CCCN1C1CCN(c2cc(Cl)nc(C3CC3)n2)CC1. The van der Waals surface area contributed by atoms with E-state index in [1.165, 1.54) is 45.1 Å². The number of halogens is 1. The van der Waals surface area contributed by atoms with Crippen LogP contribution in [0.1, 0.15) is 57.2 Å². The van der Waals surface area contributed by atoms with E-state index in [2.05, 4.69) is 21.7 Å². The molecule has 5 heteroatoms. The Balaban J connectivity index is 1.43. The number of aromatic nitrogens is 2. The standard InChI is InChI=1S/C17H25ClN4/c1-12-3-2-8-22(12)14-6-9-21(10-7-14)16-11-15(18)19-17(20-16)13-4-5-13/h11-14H,2-10H2,1H3. The van der Waals surface area contributed by atoms with E-state index in [0.29, 0.717) is 11.1 Å². The number of anilines is 1. The highest BCUT2D eigenvalue weighted by atomic mass is 35.5. The van der Waals surface area contributed by atoms with Gasteiger partial charge in [-0.2, -0.15) is 0 Å². The molecule has 1 saturated carbocycles. The van der Waals surface area contributed by atoms with Crippen molar-refractivity contribution in [2.45, 2.75) is 63.5 Å². The highest BCUT2D eigenvalue weighted by Crippen LogP contribution is 2.39. The lowest BCUT2D eigenvalue weighted by molar-refractivity contribution is 0.163. The number of likely N-dealkylation sites (tertiary alicyclic amines) is 1. The maximum absolute atomic E-state index is 6.21. The predicted octanol–water partition coefficient (Wildman–Crippen LogP) is 3.46. The fourth-order valence-corrected chi connectivity index (χ4v) is 4.22. The minimum atomic E-state index is 0.556. The van der Waals surface area contributed by atoms with E-state index in [1.54, 1.807) is 0 Å². The van der Waals surface area contributed by atoms with Crippen molar-refractivity contribution in [3.63, 3.8) is 0 Å². The van der Waals surface area contributed by atoms with Crippen LogP contribution in [0.5, 0.6) is 0 Å². The number of nitrogens with zero attached hydrogens (tertiary/aromatic N) is 4. The van der Waals surface area contributed by atoms with Crippen molar-refractivity contribution in [2.24, 2.45) is 0 Å². The first-order chi connectivity index (χ1) is 10.7. The molecule has 4 nitrogen and oxygen atoms in total. The van der Waals surface area contributed by atoms with Gasteiger partial charge in [-0.15, -0.1) is 0 Å². The topological polar surface area (TPSA) is 32.3 Å². The van der Waals surface area contributed by atoms with Gasteiger partial charge in [-0.05, 0) is 52.0 Å². The molecule has 0 amide bonds. The molecule has 0 bridgehead atoms. The average molecular weight is 321 g/mol. The third kappa shape index (κ3) is 2.95. The van der Waals surface area contributed by atoms with Crippen LogP contribution in [0.2, 0.25) is 5.15 Å².